The number of aliphatic hydroxyl groups excluding tert-OH is 1. The molecule has 0 spiro atoms. The van der Waals surface area contributed by atoms with Crippen molar-refractivity contribution in [1.82, 2.24) is 0 Å². The summed E-state index contributed by atoms with van der Waals surface area (Å²) in [7, 11) is 0. The number of carboxylic acids is 2. The second-order valence-electron chi connectivity index (χ2n) is 3.08. The van der Waals surface area contributed by atoms with Gasteiger partial charge in [-0.05, 0) is 31.2 Å². The third kappa shape index (κ3) is 24.1. The molecule has 1 atom stereocenters. The Hall–Kier alpha value is -1.34. The topological polar surface area (TPSA) is 110 Å². The van der Waals surface area contributed by atoms with Gasteiger partial charge in [0.1, 0.15) is 5.75 Å². The molecule has 6 nitrogen and oxygen atoms in total. The van der Waals surface area contributed by atoms with Gasteiger partial charge in [-0.1, -0.05) is 31.4 Å². The maximum Gasteiger partial charge on any atom is 2.00 e. The van der Waals surface area contributed by atoms with Crippen molar-refractivity contribution in [3.63, 3.8) is 0 Å². The normalized spacial score (nSPS) is 9.05. The predicted octanol–water partition coefficient (Wildman–Crippen LogP) is -1.13. The first kappa shape index (κ1) is 24.7. The number of ether oxygens (including phenoxy) is 1. The van der Waals surface area contributed by atoms with Crippen molar-refractivity contribution >= 4 is 49.7 Å². The van der Waals surface area contributed by atoms with E-state index in [4.69, 9.17) is 29.6 Å². The van der Waals surface area contributed by atoms with Crippen LogP contribution in [-0.2, 0) is 9.59 Å². The smallest absolute Gasteiger partial charge is 0.545 e. The van der Waals surface area contributed by atoms with Crippen LogP contribution in [0.1, 0.15) is 6.92 Å². The molecule has 0 aliphatic rings. The van der Waals surface area contributed by atoms with Crippen molar-refractivity contribution < 1.29 is 29.6 Å². The van der Waals surface area contributed by atoms with Crippen LogP contribution in [0.5, 0.6) is 5.75 Å². The van der Waals surface area contributed by atoms with Gasteiger partial charge in [0, 0.05) is 0 Å². The molecule has 7 heteroatoms. The van der Waals surface area contributed by atoms with Crippen molar-refractivity contribution in [2.24, 2.45) is 0 Å². The van der Waals surface area contributed by atoms with Crippen molar-refractivity contribution in [1.29, 1.82) is 0 Å². The van der Waals surface area contributed by atoms with E-state index in [0.29, 0.717) is 5.75 Å². The molecular weight excluding hydrogens is 304 g/mol. The molecule has 21 heavy (non-hydrogen) atoms. The number of carboxylic acid groups (broad SMARTS) is 2. The summed E-state index contributed by atoms with van der Waals surface area (Å²) in [5.74, 6) is -1.77. The summed E-state index contributed by atoms with van der Waals surface area (Å²) in [4.78, 5) is 18.3. The third-order valence-electron chi connectivity index (χ3n) is 1.38. The molecule has 0 aliphatic carbocycles. The Morgan fingerprint density at radius 3 is 1.71 bits per heavy atom. The van der Waals surface area contributed by atoms with Crippen LogP contribution in [0.3, 0.4) is 0 Å². The van der Waals surface area contributed by atoms with E-state index < -0.39 is 18.2 Å². The number of rotatable bonds is 4. The fourth-order valence-electron chi connectivity index (χ4n) is 0.696. The summed E-state index contributed by atoms with van der Waals surface area (Å²) >= 11 is 0. The molecule has 0 radical (unpaired) electrons. The maximum absolute atomic E-state index is 9.14. The number of hydrogen-bond acceptors (Lipinski definition) is 6. The van der Waals surface area contributed by atoms with E-state index in [9.17, 15) is 0 Å². The summed E-state index contributed by atoms with van der Waals surface area (Å²) in [6, 6.07) is 9.21. The Labute approximate surface area is 153 Å². The molecule has 1 aromatic carbocycles. The van der Waals surface area contributed by atoms with Crippen LogP contribution in [0.25, 0.3) is 0 Å². The number of hydrogen-bond donors (Lipinski definition) is 1. The zero-order valence-electron chi connectivity index (χ0n) is 11.7. The Bertz CT molecular complexity index is 399. The van der Waals surface area contributed by atoms with Crippen molar-refractivity contribution in [2.45, 2.75) is 13.2 Å². The largest absolute Gasteiger partial charge is 2.00 e. The molecule has 0 fully saturated rings. The summed E-state index contributed by atoms with van der Waals surface area (Å²) in [6.45, 7) is 7.37. The van der Waals surface area contributed by atoms with Gasteiger partial charge in [0.15, 0.2) is 6.29 Å². The molecular formula is C14H16CaO6. The molecule has 0 aliphatic heterocycles. The van der Waals surface area contributed by atoms with Gasteiger partial charge in [-0.15, -0.1) is 0 Å². The summed E-state index contributed by atoms with van der Waals surface area (Å²) in [5, 5.41) is 27.1. The molecule has 0 saturated carbocycles. The molecule has 0 heterocycles. The molecule has 1 unspecified atom stereocenters. The van der Waals surface area contributed by atoms with Gasteiger partial charge in [-0.3, -0.25) is 0 Å². The molecule has 110 valence electrons. The molecule has 1 rings (SSSR count). The van der Waals surface area contributed by atoms with E-state index in [2.05, 4.69) is 13.2 Å². The molecule has 0 aromatic heterocycles. The van der Waals surface area contributed by atoms with E-state index in [0.717, 1.165) is 12.2 Å². The Kier molecular flexibility index (Phi) is 19.6. The van der Waals surface area contributed by atoms with Crippen molar-refractivity contribution in [3.8, 4) is 5.75 Å². The first-order valence-corrected chi connectivity index (χ1v) is 5.40. The summed E-state index contributed by atoms with van der Waals surface area (Å²) < 4.78 is 4.97. The minimum absolute atomic E-state index is 0. The fraction of sp³-hybridized carbons (Fsp3) is 0.143. The Morgan fingerprint density at radius 2 is 1.48 bits per heavy atom. The van der Waals surface area contributed by atoms with Gasteiger partial charge in [0.25, 0.3) is 0 Å². The summed E-state index contributed by atoms with van der Waals surface area (Å²) in [6.07, 6.45) is 0.711. The summed E-state index contributed by atoms with van der Waals surface area (Å²) in [5.41, 5.74) is 0. The van der Waals surface area contributed by atoms with Crippen LogP contribution in [0, 0.1) is 0 Å². The van der Waals surface area contributed by atoms with Gasteiger partial charge in [-0.2, -0.15) is 0 Å². The van der Waals surface area contributed by atoms with E-state index in [-0.39, 0.29) is 37.7 Å². The number of aliphatic hydroxyl groups is 1. The quantitative estimate of drug-likeness (QED) is 0.427. The van der Waals surface area contributed by atoms with Gasteiger partial charge in [-0.25, -0.2) is 0 Å². The average molecular weight is 320 g/mol. The third-order valence-corrected chi connectivity index (χ3v) is 1.38. The van der Waals surface area contributed by atoms with E-state index in [1.165, 1.54) is 0 Å². The second-order valence-corrected chi connectivity index (χ2v) is 3.08. The average Bonchev–Trinajstić information content (AvgIpc) is 2.40. The standard InChI is InChI=1S/C8H10O2.2C3H4O2.Ca/c1-7(9)10-8-5-3-2-4-6-8;2*1-2-3(4)5;/h2-7,9H,1H3;2*2H,1H2,(H,4,5);/q;;;+2/p-2. The van der Waals surface area contributed by atoms with E-state index >= 15 is 0 Å². The van der Waals surface area contributed by atoms with Crippen LogP contribution in [0.2, 0.25) is 0 Å². The minimum Gasteiger partial charge on any atom is -0.545 e. The van der Waals surface area contributed by atoms with Crippen LogP contribution in [0.15, 0.2) is 55.6 Å². The molecule has 0 bridgehead atoms. The number of para-hydroxylation sites is 1. The van der Waals surface area contributed by atoms with Crippen LogP contribution < -0.4 is 14.9 Å². The van der Waals surface area contributed by atoms with Crippen LogP contribution in [0.4, 0.5) is 0 Å². The predicted molar refractivity (Wildman–Crippen MR) is 74.9 cm³/mol. The Balaban J connectivity index is -0.000000254. The number of benzene rings is 1. The van der Waals surface area contributed by atoms with Crippen LogP contribution in [-0.4, -0.2) is 61.1 Å². The van der Waals surface area contributed by atoms with Gasteiger partial charge in [0.2, 0.25) is 0 Å². The van der Waals surface area contributed by atoms with Gasteiger partial charge >= 0.3 is 37.7 Å². The number of aliphatic carboxylic acids is 2. The first-order chi connectivity index (χ1) is 9.33. The van der Waals surface area contributed by atoms with E-state index in [1.54, 1.807) is 19.1 Å². The Morgan fingerprint density at radius 1 is 1.14 bits per heavy atom. The number of carbonyl (C=O) groups is 2. The van der Waals surface area contributed by atoms with Crippen LogP contribution >= 0.6 is 0 Å². The second kappa shape index (κ2) is 16.7. The minimum atomic E-state index is -1.23. The SMILES string of the molecule is C=CC(=O)[O-].C=CC(=O)[O-].CC(O)Oc1ccccc1.[Ca+2]. The zero-order valence-corrected chi connectivity index (χ0v) is 13.9. The van der Waals surface area contributed by atoms with E-state index in [1.807, 2.05) is 18.2 Å². The van der Waals surface area contributed by atoms with Gasteiger partial charge in [0.05, 0.1) is 11.9 Å². The van der Waals surface area contributed by atoms with Gasteiger partial charge < -0.3 is 29.6 Å². The monoisotopic (exact) mass is 320 g/mol. The molecule has 0 amide bonds. The maximum atomic E-state index is 9.14. The van der Waals surface area contributed by atoms with Crippen molar-refractivity contribution in [2.75, 3.05) is 0 Å². The van der Waals surface area contributed by atoms with Crippen molar-refractivity contribution in [3.05, 3.63) is 55.6 Å². The fourth-order valence-corrected chi connectivity index (χ4v) is 0.696. The number of carbonyl (C=O) groups excluding carboxylic acids is 2. The molecule has 1 N–H and O–H groups in total. The molecule has 1 aromatic rings. The first-order valence-electron chi connectivity index (χ1n) is 5.40. The molecule has 0 saturated heterocycles. The zero-order chi connectivity index (χ0) is 16.0.